The summed E-state index contributed by atoms with van der Waals surface area (Å²) in [4.78, 5) is 11.9. The Bertz CT molecular complexity index is 682. The van der Waals surface area contributed by atoms with Crippen LogP contribution in [0.5, 0.6) is 5.75 Å². The molecule has 0 aliphatic rings. The van der Waals surface area contributed by atoms with E-state index < -0.39 is 17.5 Å². The molecule has 1 aromatic carbocycles. The number of phenolic OH excluding ortho intramolecular Hbond substituents is 1. The molecule has 0 bridgehead atoms. The van der Waals surface area contributed by atoms with Gasteiger partial charge >= 0.3 is 0 Å². The van der Waals surface area contributed by atoms with E-state index in [1.54, 1.807) is 0 Å². The van der Waals surface area contributed by atoms with Crippen LogP contribution in [0.2, 0.25) is 0 Å². The smallest absolute Gasteiger partial charge is 0.260 e. The average molecular weight is 279 g/mol. The number of carbonyl (C=O) groups is 1. The molecule has 0 saturated carbocycles. The highest BCUT2D eigenvalue weighted by molar-refractivity contribution is 6.09. The lowest BCUT2D eigenvalue weighted by atomic mass is 10.2. The lowest BCUT2D eigenvalue weighted by molar-refractivity contribution is 0.102. The van der Waals surface area contributed by atoms with Gasteiger partial charge in [0.1, 0.15) is 17.4 Å². The van der Waals surface area contributed by atoms with Crippen LogP contribution in [0.25, 0.3) is 0 Å². The number of amides is 1. The SMILES string of the molecule is N/C(=N/O)c1cn[nH]c1NC(=O)c1ccc(F)cc1O. The van der Waals surface area contributed by atoms with Gasteiger partial charge in [0.05, 0.1) is 17.3 Å². The summed E-state index contributed by atoms with van der Waals surface area (Å²) in [5.41, 5.74) is 5.43. The summed E-state index contributed by atoms with van der Waals surface area (Å²) in [7, 11) is 0. The molecular formula is C11H10FN5O3. The number of nitrogens with two attached hydrogens (primary N) is 1. The molecule has 0 aliphatic carbocycles. The first-order valence-electron chi connectivity index (χ1n) is 5.34. The predicted molar refractivity (Wildman–Crippen MR) is 67.1 cm³/mol. The molecule has 104 valence electrons. The number of aromatic nitrogens is 2. The number of hydrogen-bond donors (Lipinski definition) is 5. The molecule has 1 amide bonds. The molecule has 20 heavy (non-hydrogen) atoms. The molecule has 1 heterocycles. The van der Waals surface area contributed by atoms with Crippen LogP contribution in [-0.2, 0) is 0 Å². The maximum absolute atomic E-state index is 12.8. The lowest BCUT2D eigenvalue weighted by Crippen LogP contribution is -2.18. The lowest BCUT2D eigenvalue weighted by Gasteiger charge is -2.06. The third-order valence-electron chi connectivity index (χ3n) is 2.47. The summed E-state index contributed by atoms with van der Waals surface area (Å²) < 4.78 is 12.8. The molecule has 0 aliphatic heterocycles. The fourth-order valence-corrected chi connectivity index (χ4v) is 1.51. The van der Waals surface area contributed by atoms with Gasteiger partial charge < -0.3 is 21.4 Å². The van der Waals surface area contributed by atoms with Crippen molar-refractivity contribution < 1.29 is 19.5 Å². The van der Waals surface area contributed by atoms with Gasteiger partial charge in [-0.05, 0) is 12.1 Å². The molecular weight excluding hydrogens is 269 g/mol. The van der Waals surface area contributed by atoms with Crippen LogP contribution >= 0.6 is 0 Å². The third kappa shape index (κ3) is 2.51. The molecule has 0 saturated heterocycles. The van der Waals surface area contributed by atoms with E-state index >= 15 is 0 Å². The Morgan fingerprint density at radius 2 is 2.20 bits per heavy atom. The number of rotatable bonds is 3. The van der Waals surface area contributed by atoms with Gasteiger partial charge in [-0.2, -0.15) is 5.10 Å². The van der Waals surface area contributed by atoms with Gasteiger partial charge in [0.2, 0.25) is 0 Å². The van der Waals surface area contributed by atoms with Gasteiger partial charge in [-0.15, -0.1) is 0 Å². The number of aromatic hydroxyl groups is 1. The second-order valence-corrected chi connectivity index (χ2v) is 3.76. The highest BCUT2D eigenvalue weighted by Gasteiger charge is 2.16. The monoisotopic (exact) mass is 279 g/mol. The molecule has 0 fully saturated rings. The molecule has 0 atom stereocenters. The first-order chi connectivity index (χ1) is 9.52. The summed E-state index contributed by atoms with van der Waals surface area (Å²) in [6.07, 6.45) is 1.25. The number of phenols is 1. The summed E-state index contributed by atoms with van der Waals surface area (Å²) in [5, 5.41) is 29.3. The quantitative estimate of drug-likeness (QED) is 0.242. The zero-order valence-electron chi connectivity index (χ0n) is 9.96. The first kappa shape index (κ1) is 13.3. The summed E-state index contributed by atoms with van der Waals surface area (Å²) in [5.74, 6) is -2.06. The van der Waals surface area contributed by atoms with Gasteiger partial charge in [0.25, 0.3) is 5.91 Å². The van der Waals surface area contributed by atoms with Crippen molar-refractivity contribution in [1.29, 1.82) is 0 Å². The van der Waals surface area contributed by atoms with Gasteiger partial charge in [0, 0.05) is 6.07 Å². The number of hydrogen-bond acceptors (Lipinski definition) is 5. The Balaban J connectivity index is 2.26. The van der Waals surface area contributed by atoms with E-state index in [0.717, 1.165) is 18.2 Å². The molecule has 8 nitrogen and oxygen atoms in total. The first-order valence-corrected chi connectivity index (χ1v) is 5.34. The van der Waals surface area contributed by atoms with E-state index in [2.05, 4.69) is 20.7 Å². The molecule has 0 radical (unpaired) electrons. The molecule has 9 heteroatoms. The van der Waals surface area contributed by atoms with E-state index in [1.165, 1.54) is 6.20 Å². The Morgan fingerprint density at radius 1 is 1.45 bits per heavy atom. The van der Waals surface area contributed by atoms with Crippen LogP contribution < -0.4 is 11.1 Å². The number of nitrogens with zero attached hydrogens (tertiary/aromatic N) is 2. The van der Waals surface area contributed by atoms with Crippen molar-refractivity contribution in [2.75, 3.05) is 5.32 Å². The fraction of sp³-hybridized carbons (Fsp3) is 0. The maximum Gasteiger partial charge on any atom is 0.260 e. The van der Waals surface area contributed by atoms with E-state index in [0.29, 0.717) is 0 Å². The molecule has 1 aromatic heterocycles. The highest BCUT2D eigenvalue weighted by Crippen LogP contribution is 2.20. The van der Waals surface area contributed by atoms with Crippen molar-refractivity contribution >= 4 is 17.6 Å². The van der Waals surface area contributed by atoms with Crippen LogP contribution in [0.3, 0.4) is 0 Å². The number of benzene rings is 1. The van der Waals surface area contributed by atoms with Crippen molar-refractivity contribution in [1.82, 2.24) is 10.2 Å². The standard InChI is InChI=1S/C11H10FN5O3/c12-5-1-2-6(8(18)3-5)11(19)15-10-7(4-14-16-10)9(13)17-20/h1-4,18,20H,(H2,13,17)(H2,14,15,16,19). The number of amidine groups is 1. The van der Waals surface area contributed by atoms with Crippen molar-refractivity contribution in [3.63, 3.8) is 0 Å². The van der Waals surface area contributed by atoms with Gasteiger partial charge in [-0.3, -0.25) is 9.89 Å². The Morgan fingerprint density at radius 3 is 2.85 bits per heavy atom. The molecule has 2 rings (SSSR count). The van der Waals surface area contributed by atoms with Crippen molar-refractivity contribution in [2.45, 2.75) is 0 Å². The van der Waals surface area contributed by atoms with Gasteiger partial charge in [-0.1, -0.05) is 5.16 Å². The number of carbonyl (C=O) groups excluding carboxylic acids is 1. The Labute approximate surface area is 111 Å². The largest absolute Gasteiger partial charge is 0.507 e. The molecule has 2 aromatic rings. The number of anilines is 1. The summed E-state index contributed by atoms with van der Waals surface area (Å²) >= 11 is 0. The second kappa shape index (κ2) is 5.26. The summed E-state index contributed by atoms with van der Waals surface area (Å²) in [6.45, 7) is 0. The minimum absolute atomic E-state index is 0.0778. The van der Waals surface area contributed by atoms with Crippen LogP contribution in [-0.4, -0.2) is 32.3 Å². The zero-order chi connectivity index (χ0) is 14.7. The highest BCUT2D eigenvalue weighted by atomic mass is 19.1. The third-order valence-corrected chi connectivity index (χ3v) is 2.47. The molecule has 0 unspecified atom stereocenters. The zero-order valence-corrected chi connectivity index (χ0v) is 9.96. The van der Waals surface area contributed by atoms with Crippen LogP contribution in [0, 0.1) is 5.82 Å². The number of oxime groups is 1. The Hall–Kier alpha value is -3.10. The number of H-pyrrole nitrogens is 1. The average Bonchev–Trinajstić information content (AvgIpc) is 2.85. The Kier molecular flexibility index (Phi) is 3.51. The van der Waals surface area contributed by atoms with Crippen LogP contribution in [0.15, 0.2) is 29.6 Å². The van der Waals surface area contributed by atoms with E-state index in [9.17, 15) is 14.3 Å². The number of nitrogens with one attached hydrogen (secondary N) is 2. The van der Waals surface area contributed by atoms with Crippen LogP contribution in [0.4, 0.5) is 10.2 Å². The molecule has 6 N–H and O–H groups in total. The number of halogens is 1. The summed E-state index contributed by atoms with van der Waals surface area (Å²) in [6, 6.07) is 2.97. The van der Waals surface area contributed by atoms with E-state index in [4.69, 9.17) is 10.9 Å². The van der Waals surface area contributed by atoms with Crippen molar-refractivity contribution in [3.8, 4) is 5.75 Å². The van der Waals surface area contributed by atoms with Crippen LogP contribution in [0.1, 0.15) is 15.9 Å². The molecule has 0 spiro atoms. The maximum atomic E-state index is 12.8. The normalized spacial score (nSPS) is 11.3. The fourth-order valence-electron chi connectivity index (χ4n) is 1.51. The van der Waals surface area contributed by atoms with Gasteiger partial charge in [-0.25, -0.2) is 4.39 Å². The topological polar surface area (TPSA) is 137 Å². The minimum Gasteiger partial charge on any atom is -0.507 e. The van der Waals surface area contributed by atoms with Gasteiger partial charge in [0.15, 0.2) is 5.84 Å². The predicted octanol–water partition coefficient (Wildman–Crippen LogP) is 0.601. The second-order valence-electron chi connectivity index (χ2n) is 3.76. The van der Waals surface area contributed by atoms with Crippen molar-refractivity contribution in [3.05, 3.63) is 41.3 Å². The number of aromatic amines is 1. The minimum atomic E-state index is -0.710. The van der Waals surface area contributed by atoms with E-state index in [-0.39, 0.29) is 22.8 Å². The van der Waals surface area contributed by atoms with Crippen molar-refractivity contribution in [2.24, 2.45) is 10.9 Å². The van der Waals surface area contributed by atoms with E-state index in [1.807, 2.05) is 0 Å².